The molecule has 1 aromatic rings. The van der Waals surface area contributed by atoms with Gasteiger partial charge in [0.05, 0.1) is 19.3 Å². The van der Waals surface area contributed by atoms with Gasteiger partial charge in [-0.3, -0.25) is 0 Å². The van der Waals surface area contributed by atoms with Crippen LogP contribution in [-0.2, 0) is 16.1 Å². The second-order valence-electron chi connectivity index (χ2n) is 6.43. The van der Waals surface area contributed by atoms with Crippen LogP contribution in [0.2, 0.25) is 0 Å². The first-order chi connectivity index (χ1) is 11.8. The van der Waals surface area contributed by atoms with Crippen LogP contribution in [0.15, 0.2) is 30.3 Å². The van der Waals surface area contributed by atoms with Crippen LogP contribution in [0.25, 0.3) is 0 Å². The second-order valence-corrected chi connectivity index (χ2v) is 6.43. The Morgan fingerprint density at radius 3 is 3.04 bits per heavy atom. The van der Waals surface area contributed by atoms with Gasteiger partial charge in [-0.1, -0.05) is 30.3 Å². The molecular formula is C18H27N3O3. The van der Waals surface area contributed by atoms with Crippen molar-refractivity contribution in [3.05, 3.63) is 35.9 Å². The molecule has 1 amide bonds. The molecule has 2 aliphatic heterocycles. The third-order valence-corrected chi connectivity index (χ3v) is 4.53. The molecule has 2 aliphatic rings. The molecule has 1 aromatic carbocycles. The molecule has 3 rings (SSSR count). The highest BCUT2D eigenvalue weighted by atomic mass is 16.6. The highest BCUT2D eigenvalue weighted by Gasteiger charge is 2.26. The zero-order valence-electron chi connectivity index (χ0n) is 14.1. The summed E-state index contributed by atoms with van der Waals surface area (Å²) in [7, 11) is 0. The first-order valence-corrected chi connectivity index (χ1v) is 8.82. The highest BCUT2D eigenvalue weighted by Crippen LogP contribution is 2.09. The van der Waals surface area contributed by atoms with Crippen LogP contribution < -0.4 is 10.6 Å². The number of carbonyl (C=O) groups excluding carboxylic acids is 1. The summed E-state index contributed by atoms with van der Waals surface area (Å²) in [6.07, 6.45) is 2.18. The van der Waals surface area contributed by atoms with Gasteiger partial charge < -0.3 is 25.0 Å². The Morgan fingerprint density at radius 2 is 2.25 bits per heavy atom. The van der Waals surface area contributed by atoms with E-state index in [1.807, 2.05) is 30.3 Å². The molecule has 0 aromatic heterocycles. The summed E-state index contributed by atoms with van der Waals surface area (Å²) in [5, 5.41) is 6.94. The fourth-order valence-electron chi connectivity index (χ4n) is 3.14. The number of benzene rings is 1. The number of piperidine rings is 1. The molecule has 2 atom stereocenters. The molecule has 6 heteroatoms. The van der Waals surface area contributed by atoms with Gasteiger partial charge in [0.2, 0.25) is 0 Å². The molecule has 132 valence electrons. The highest BCUT2D eigenvalue weighted by molar-refractivity contribution is 5.67. The maximum absolute atomic E-state index is 12.2. The summed E-state index contributed by atoms with van der Waals surface area (Å²) in [6, 6.07) is 10.3. The third-order valence-electron chi connectivity index (χ3n) is 4.53. The van der Waals surface area contributed by atoms with E-state index in [0.717, 1.165) is 25.2 Å². The number of nitrogens with zero attached hydrogens (tertiary/aromatic N) is 1. The Kier molecular flexibility index (Phi) is 6.46. The van der Waals surface area contributed by atoms with Gasteiger partial charge >= 0.3 is 6.09 Å². The molecule has 0 bridgehead atoms. The lowest BCUT2D eigenvalue weighted by Crippen LogP contribution is -2.52. The molecule has 0 saturated carbocycles. The van der Waals surface area contributed by atoms with Gasteiger partial charge in [0.15, 0.2) is 0 Å². The van der Waals surface area contributed by atoms with Crippen molar-refractivity contribution < 1.29 is 14.3 Å². The molecule has 0 aliphatic carbocycles. The summed E-state index contributed by atoms with van der Waals surface area (Å²) in [5.74, 6) is 0. The van der Waals surface area contributed by atoms with Gasteiger partial charge in [-0.2, -0.15) is 0 Å². The molecule has 2 N–H and O–H groups in total. The van der Waals surface area contributed by atoms with Crippen LogP contribution in [0, 0.1) is 0 Å². The molecular weight excluding hydrogens is 306 g/mol. The average Bonchev–Trinajstić information content (AvgIpc) is 2.66. The van der Waals surface area contributed by atoms with E-state index >= 15 is 0 Å². The minimum Gasteiger partial charge on any atom is -0.445 e. The number of rotatable bonds is 5. The van der Waals surface area contributed by atoms with Gasteiger partial charge in [-0.05, 0) is 24.9 Å². The summed E-state index contributed by atoms with van der Waals surface area (Å²) in [6.45, 7) is 4.95. The topological polar surface area (TPSA) is 62.8 Å². The fourth-order valence-corrected chi connectivity index (χ4v) is 3.14. The molecule has 0 spiro atoms. The van der Waals surface area contributed by atoms with Gasteiger partial charge in [0, 0.05) is 25.7 Å². The Labute approximate surface area is 143 Å². The molecule has 2 saturated heterocycles. The van der Waals surface area contributed by atoms with E-state index in [-0.39, 0.29) is 12.2 Å². The first kappa shape index (κ1) is 17.2. The normalized spacial score (nSPS) is 24.6. The van der Waals surface area contributed by atoms with E-state index in [1.54, 1.807) is 4.90 Å². The van der Waals surface area contributed by atoms with E-state index in [9.17, 15) is 4.79 Å². The number of morpholine rings is 1. The maximum Gasteiger partial charge on any atom is 0.410 e. The van der Waals surface area contributed by atoms with Crippen molar-refractivity contribution in [2.75, 3.05) is 39.3 Å². The first-order valence-electron chi connectivity index (χ1n) is 8.82. The van der Waals surface area contributed by atoms with Crippen LogP contribution in [0.5, 0.6) is 0 Å². The monoisotopic (exact) mass is 333 g/mol. The standard InChI is InChI=1S/C18H27N3O3/c22-18(24-14-15-5-2-1-3-6-15)21-9-10-23-17(13-21)12-20-16-7-4-8-19-11-16/h1-3,5-6,16-17,19-20H,4,7-14H2. The second kappa shape index (κ2) is 9.01. The van der Waals surface area contributed by atoms with E-state index in [2.05, 4.69) is 10.6 Å². The largest absolute Gasteiger partial charge is 0.445 e. The number of amides is 1. The lowest BCUT2D eigenvalue weighted by atomic mass is 10.1. The van der Waals surface area contributed by atoms with Gasteiger partial charge in [0.1, 0.15) is 6.61 Å². The molecule has 2 fully saturated rings. The Bertz CT molecular complexity index is 505. The van der Waals surface area contributed by atoms with Crippen molar-refractivity contribution in [1.82, 2.24) is 15.5 Å². The van der Waals surface area contributed by atoms with Gasteiger partial charge in [-0.15, -0.1) is 0 Å². The SMILES string of the molecule is O=C(OCc1ccccc1)N1CCOC(CNC2CCCNC2)C1. The number of carbonyl (C=O) groups is 1. The van der Waals surface area contributed by atoms with Gasteiger partial charge in [-0.25, -0.2) is 4.79 Å². The number of hydrogen-bond acceptors (Lipinski definition) is 5. The minimum atomic E-state index is -0.258. The van der Waals surface area contributed by atoms with E-state index in [4.69, 9.17) is 9.47 Å². The number of hydrogen-bond donors (Lipinski definition) is 2. The van der Waals surface area contributed by atoms with Crippen LogP contribution in [0.3, 0.4) is 0 Å². The molecule has 6 nitrogen and oxygen atoms in total. The van der Waals surface area contributed by atoms with Crippen molar-refractivity contribution in [3.63, 3.8) is 0 Å². The fraction of sp³-hybridized carbons (Fsp3) is 0.611. The zero-order chi connectivity index (χ0) is 16.6. The van der Waals surface area contributed by atoms with E-state index in [1.165, 1.54) is 12.8 Å². The summed E-state index contributed by atoms with van der Waals surface area (Å²) in [5.41, 5.74) is 1.00. The maximum atomic E-state index is 12.2. The summed E-state index contributed by atoms with van der Waals surface area (Å²) in [4.78, 5) is 14.0. The molecule has 24 heavy (non-hydrogen) atoms. The lowest BCUT2D eigenvalue weighted by Gasteiger charge is -2.33. The smallest absolute Gasteiger partial charge is 0.410 e. The van der Waals surface area contributed by atoms with Gasteiger partial charge in [0.25, 0.3) is 0 Å². The Morgan fingerprint density at radius 1 is 1.38 bits per heavy atom. The zero-order valence-corrected chi connectivity index (χ0v) is 14.1. The van der Waals surface area contributed by atoms with Crippen LogP contribution in [0.1, 0.15) is 18.4 Å². The predicted octanol–water partition coefficient (Wildman–Crippen LogP) is 1.37. The molecule has 2 heterocycles. The lowest BCUT2D eigenvalue weighted by molar-refractivity contribution is -0.0282. The Hall–Kier alpha value is -1.63. The molecule has 2 unspecified atom stereocenters. The van der Waals surface area contributed by atoms with E-state index < -0.39 is 0 Å². The summed E-state index contributed by atoms with van der Waals surface area (Å²) >= 11 is 0. The van der Waals surface area contributed by atoms with Crippen molar-refractivity contribution >= 4 is 6.09 Å². The minimum absolute atomic E-state index is 0.0324. The number of ether oxygens (including phenoxy) is 2. The van der Waals surface area contributed by atoms with Crippen LogP contribution in [0.4, 0.5) is 4.79 Å². The molecule has 0 radical (unpaired) electrons. The van der Waals surface area contributed by atoms with Crippen molar-refractivity contribution in [2.45, 2.75) is 31.6 Å². The quantitative estimate of drug-likeness (QED) is 0.852. The predicted molar refractivity (Wildman–Crippen MR) is 91.8 cm³/mol. The van der Waals surface area contributed by atoms with Crippen molar-refractivity contribution in [1.29, 1.82) is 0 Å². The third kappa shape index (κ3) is 5.19. The summed E-state index contributed by atoms with van der Waals surface area (Å²) < 4.78 is 11.2. The van der Waals surface area contributed by atoms with Crippen LogP contribution >= 0.6 is 0 Å². The van der Waals surface area contributed by atoms with Crippen LogP contribution in [-0.4, -0.2) is 62.5 Å². The Balaban J connectivity index is 1.40. The average molecular weight is 333 g/mol. The number of nitrogens with one attached hydrogen (secondary N) is 2. The van der Waals surface area contributed by atoms with Crippen molar-refractivity contribution in [2.24, 2.45) is 0 Å². The van der Waals surface area contributed by atoms with Crippen molar-refractivity contribution in [3.8, 4) is 0 Å². The van der Waals surface area contributed by atoms with E-state index in [0.29, 0.717) is 32.3 Å².